The standard InChI is InChI=1S/C27H25F3N2O3/c1-17-2-5-21(32-25(33)20-7-11-31-24(15-20)27(28,29)30)16-22(17)19-4-3-18-6-8-26(35-23(18)14-19)9-12-34-13-10-26/h2-5,7,11,14-16H,6,8-10,12-13H2,1H3,(H,32,33). The lowest BCUT2D eigenvalue weighted by molar-refractivity contribution is -0.141. The third kappa shape index (κ3) is 4.89. The van der Waals surface area contributed by atoms with E-state index >= 15 is 0 Å². The molecule has 1 aromatic heterocycles. The van der Waals surface area contributed by atoms with Crippen LogP contribution < -0.4 is 10.1 Å². The van der Waals surface area contributed by atoms with Crippen LogP contribution in [0.5, 0.6) is 5.75 Å². The minimum atomic E-state index is -4.62. The average molecular weight is 483 g/mol. The van der Waals surface area contributed by atoms with Gasteiger partial charge in [0.15, 0.2) is 0 Å². The Morgan fingerprint density at radius 3 is 2.60 bits per heavy atom. The zero-order valence-electron chi connectivity index (χ0n) is 19.2. The van der Waals surface area contributed by atoms with Crippen molar-refractivity contribution in [2.75, 3.05) is 18.5 Å². The van der Waals surface area contributed by atoms with E-state index in [-0.39, 0.29) is 11.2 Å². The van der Waals surface area contributed by atoms with Gasteiger partial charge in [0, 0.05) is 30.3 Å². The molecule has 2 aliphatic rings. The van der Waals surface area contributed by atoms with Gasteiger partial charge in [-0.05, 0) is 72.4 Å². The average Bonchev–Trinajstić information content (AvgIpc) is 2.85. The van der Waals surface area contributed by atoms with E-state index in [0.29, 0.717) is 18.9 Å². The molecule has 1 N–H and O–H groups in total. The maximum atomic E-state index is 13.0. The molecule has 0 atom stereocenters. The van der Waals surface area contributed by atoms with E-state index in [1.54, 1.807) is 6.07 Å². The van der Waals surface area contributed by atoms with Crippen LogP contribution in [0.2, 0.25) is 0 Å². The predicted octanol–water partition coefficient (Wildman–Crippen LogP) is 6.20. The summed E-state index contributed by atoms with van der Waals surface area (Å²) in [7, 11) is 0. The van der Waals surface area contributed by atoms with Crippen LogP contribution in [0.3, 0.4) is 0 Å². The number of alkyl halides is 3. The molecule has 3 aromatic rings. The number of amides is 1. The summed E-state index contributed by atoms with van der Waals surface area (Å²) < 4.78 is 50.9. The molecular weight excluding hydrogens is 457 g/mol. The molecule has 1 amide bonds. The zero-order chi connectivity index (χ0) is 24.6. The fraction of sp³-hybridized carbons (Fsp3) is 0.333. The van der Waals surface area contributed by atoms with Crippen LogP contribution in [0.25, 0.3) is 11.1 Å². The third-order valence-corrected chi connectivity index (χ3v) is 6.77. The van der Waals surface area contributed by atoms with Gasteiger partial charge in [0.05, 0.1) is 13.2 Å². The van der Waals surface area contributed by atoms with Gasteiger partial charge >= 0.3 is 6.18 Å². The summed E-state index contributed by atoms with van der Waals surface area (Å²) in [5.74, 6) is 0.240. The first-order chi connectivity index (χ1) is 16.7. The largest absolute Gasteiger partial charge is 0.487 e. The summed E-state index contributed by atoms with van der Waals surface area (Å²) in [4.78, 5) is 16.0. The van der Waals surface area contributed by atoms with Crippen molar-refractivity contribution in [1.29, 1.82) is 0 Å². The summed E-state index contributed by atoms with van der Waals surface area (Å²) in [6, 6.07) is 13.6. The Kier molecular flexibility index (Phi) is 6.01. The number of hydrogen-bond donors (Lipinski definition) is 1. The van der Waals surface area contributed by atoms with Crippen molar-refractivity contribution < 1.29 is 27.4 Å². The van der Waals surface area contributed by atoms with Crippen LogP contribution in [0.1, 0.15) is 46.4 Å². The van der Waals surface area contributed by atoms with Gasteiger partial charge in [-0.25, -0.2) is 0 Å². The topological polar surface area (TPSA) is 60.5 Å². The molecule has 5 rings (SSSR count). The molecule has 0 aliphatic carbocycles. The number of halogens is 3. The third-order valence-electron chi connectivity index (χ3n) is 6.77. The molecule has 0 radical (unpaired) electrons. The number of nitrogens with zero attached hydrogens (tertiary/aromatic N) is 1. The van der Waals surface area contributed by atoms with Gasteiger partial charge in [0.1, 0.15) is 17.0 Å². The lowest BCUT2D eigenvalue weighted by Gasteiger charge is -2.41. The van der Waals surface area contributed by atoms with Gasteiger partial charge in [-0.2, -0.15) is 13.2 Å². The van der Waals surface area contributed by atoms with Gasteiger partial charge in [-0.1, -0.05) is 18.2 Å². The number of ether oxygens (including phenoxy) is 2. The first-order valence-corrected chi connectivity index (χ1v) is 11.6. The molecule has 0 unspecified atom stereocenters. The van der Waals surface area contributed by atoms with Gasteiger partial charge in [-0.3, -0.25) is 9.78 Å². The van der Waals surface area contributed by atoms with Crippen molar-refractivity contribution in [3.05, 3.63) is 77.1 Å². The normalized spacial score (nSPS) is 16.9. The van der Waals surface area contributed by atoms with Gasteiger partial charge in [0.25, 0.3) is 5.91 Å². The number of benzene rings is 2. The molecule has 0 saturated carbocycles. The van der Waals surface area contributed by atoms with Crippen molar-refractivity contribution in [3.8, 4) is 16.9 Å². The predicted molar refractivity (Wildman–Crippen MR) is 126 cm³/mol. The summed E-state index contributed by atoms with van der Waals surface area (Å²) in [5.41, 5.74) is 3.13. The highest BCUT2D eigenvalue weighted by Gasteiger charge is 2.38. The monoisotopic (exact) mass is 482 g/mol. The molecule has 5 nitrogen and oxygen atoms in total. The van der Waals surface area contributed by atoms with Crippen molar-refractivity contribution in [2.45, 2.75) is 44.4 Å². The molecule has 0 bridgehead atoms. The fourth-order valence-electron chi connectivity index (χ4n) is 4.71. The van der Waals surface area contributed by atoms with Crippen LogP contribution in [0.15, 0.2) is 54.7 Å². The summed E-state index contributed by atoms with van der Waals surface area (Å²) in [6.45, 7) is 3.38. The fourth-order valence-corrected chi connectivity index (χ4v) is 4.71. The molecular formula is C27H25F3N2O3. The molecule has 35 heavy (non-hydrogen) atoms. The van der Waals surface area contributed by atoms with E-state index in [9.17, 15) is 18.0 Å². The van der Waals surface area contributed by atoms with Gasteiger partial charge in [0.2, 0.25) is 0 Å². The minimum Gasteiger partial charge on any atom is -0.487 e. The molecule has 1 spiro atoms. The number of carbonyl (C=O) groups excluding carboxylic acids is 1. The highest BCUT2D eigenvalue weighted by molar-refractivity contribution is 6.04. The smallest absolute Gasteiger partial charge is 0.433 e. The molecule has 2 aliphatic heterocycles. The molecule has 3 heterocycles. The molecule has 182 valence electrons. The Hall–Kier alpha value is -3.39. The van der Waals surface area contributed by atoms with Crippen molar-refractivity contribution >= 4 is 11.6 Å². The van der Waals surface area contributed by atoms with E-state index in [1.807, 2.05) is 31.2 Å². The van der Waals surface area contributed by atoms with Crippen LogP contribution in [-0.2, 0) is 17.3 Å². The number of nitrogens with one attached hydrogen (secondary N) is 1. The lowest BCUT2D eigenvalue weighted by atomic mass is 9.84. The Morgan fingerprint density at radius 2 is 1.83 bits per heavy atom. The van der Waals surface area contributed by atoms with E-state index in [1.165, 1.54) is 11.6 Å². The summed E-state index contributed by atoms with van der Waals surface area (Å²) in [6.07, 6.45) is 0.0527. The van der Waals surface area contributed by atoms with Crippen molar-refractivity contribution in [1.82, 2.24) is 4.98 Å². The summed E-state index contributed by atoms with van der Waals surface area (Å²) in [5, 5.41) is 2.70. The number of aromatic nitrogens is 1. The van der Waals surface area contributed by atoms with E-state index in [0.717, 1.165) is 60.4 Å². The number of hydrogen-bond acceptors (Lipinski definition) is 4. The highest BCUT2D eigenvalue weighted by atomic mass is 19.4. The zero-order valence-corrected chi connectivity index (χ0v) is 19.2. The summed E-state index contributed by atoms with van der Waals surface area (Å²) >= 11 is 0. The van der Waals surface area contributed by atoms with Crippen molar-refractivity contribution in [2.24, 2.45) is 0 Å². The lowest BCUT2D eigenvalue weighted by Crippen LogP contribution is -2.44. The number of carbonyl (C=O) groups is 1. The Balaban J connectivity index is 1.40. The number of aryl methyl sites for hydroxylation is 2. The van der Waals surface area contributed by atoms with Crippen LogP contribution in [-0.4, -0.2) is 29.7 Å². The van der Waals surface area contributed by atoms with Crippen LogP contribution in [0.4, 0.5) is 18.9 Å². The molecule has 2 aromatic carbocycles. The van der Waals surface area contributed by atoms with Gasteiger partial charge < -0.3 is 14.8 Å². The second kappa shape index (κ2) is 9.00. The van der Waals surface area contributed by atoms with Crippen LogP contribution >= 0.6 is 0 Å². The molecule has 1 fully saturated rings. The quantitative estimate of drug-likeness (QED) is 0.483. The second-order valence-corrected chi connectivity index (χ2v) is 9.13. The van der Waals surface area contributed by atoms with Crippen molar-refractivity contribution in [3.63, 3.8) is 0 Å². The van der Waals surface area contributed by atoms with E-state index < -0.39 is 17.8 Å². The first-order valence-electron chi connectivity index (χ1n) is 11.6. The highest BCUT2D eigenvalue weighted by Crippen LogP contribution is 2.41. The van der Waals surface area contributed by atoms with Gasteiger partial charge in [-0.15, -0.1) is 0 Å². The first kappa shape index (κ1) is 23.4. The Bertz CT molecular complexity index is 1270. The maximum Gasteiger partial charge on any atom is 0.433 e. The maximum absolute atomic E-state index is 13.0. The number of pyridine rings is 1. The molecule has 1 saturated heterocycles. The molecule has 8 heteroatoms. The number of fused-ring (bicyclic) bond motifs is 1. The van der Waals surface area contributed by atoms with Crippen LogP contribution in [0, 0.1) is 6.92 Å². The Labute approximate surface area is 201 Å². The van der Waals surface area contributed by atoms with E-state index in [2.05, 4.69) is 16.4 Å². The Morgan fingerprint density at radius 1 is 1.03 bits per heavy atom. The number of anilines is 1. The number of rotatable bonds is 3. The van der Waals surface area contributed by atoms with E-state index in [4.69, 9.17) is 9.47 Å². The SMILES string of the molecule is Cc1ccc(NC(=O)c2ccnc(C(F)(F)F)c2)cc1-c1ccc2c(c1)OC1(CCOCC1)CC2. The minimum absolute atomic E-state index is 0.113. The second-order valence-electron chi connectivity index (χ2n) is 9.13.